The number of rotatable bonds is 6. The van der Waals surface area contributed by atoms with Gasteiger partial charge in [0.1, 0.15) is 0 Å². The highest BCUT2D eigenvalue weighted by molar-refractivity contribution is 4.86. The number of alkyl halides is 3. The first-order chi connectivity index (χ1) is 9.17. The molecule has 5 heteroatoms. The Kier molecular flexibility index (Phi) is 6.79. The van der Waals surface area contributed by atoms with Crippen LogP contribution in [0.15, 0.2) is 0 Å². The summed E-state index contributed by atoms with van der Waals surface area (Å²) in [6.07, 6.45) is -2.99. The van der Waals surface area contributed by atoms with Gasteiger partial charge in [-0.15, -0.1) is 0 Å². The second kappa shape index (κ2) is 7.64. The van der Waals surface area contributed by atoms with Gasteiger partial charge in [0.25, 0.3) is 0 Å². The summed E-state index contributed by atoms with van der Waals surface area (Å²) in [5.41, 5.74) is 0. The number of halogens is 3. The smallest absolute Gasteiger partial charge is 0.313 e. The molecule has 0 aromatic rings. The molecule has 0 aromatic carbocycles. The molecule has 1 saturated heterocycles. The third kappa shape index (κ3) is 6.93. The Balaban J connectivity index is 2.52. The highest BCUT2D eigenvalue weighted by Gasteiger charge is 2.36. The number of likely N-dealkylation sites (tertiary alicyclic amines) is 1. The maximum absolute atomic E-state index is 12.6. The topological polar surface area (TPSA) is 15.3 Å². The molecule has 0 bridgehead atoms. The molecule has 0 amide bonds. The lowest BCUT2D eigenvalue weighted by molar-refractivity contribution is -0.149. The summed E-state index contributed by atoms with van der Waals surface area (Å²) >= 11 is 0. The highest BCUT2D eigenvalue weighted by Crippen LogP contribution is 2.30. The van der Waals surface area contributed by atoms with Gasteiger partial charge in [0.2, 0.25) is 0 Å². The Morgan fingerprint density at radius 1 is 1.15 bits per heavy atom. The fourth-order valence-corrected chi connectivity index (χ4v) is 2.86. The summed E-state index contributed by atoms with van der Waals surface area (Å²) in [5, 5.41) is 3.44. The van der Waals surface area contributed by atoms with Gasteiger partial charge in [-0.3, -0.25) is 4.90 Å². The zero-order chi connectivity index (χ0) is 15.3. The van der Waals surface area contributed by atoms with Crippen molar-refractivity contribution >= 4 is 0 Å². The van der Waals surface area contributed by atoms with Crippen LogP contribution in [0.4, 0.5) is 13.2 Å². The normalized spacial score (nSPS) is 25.6. The van der Waals surface area contributed by atoms with Crippen LogP contribution in [0.25, 0.3) is 0 Å². The molecule has 0 saturated carbocycles. The molecule has 20 heavy (non-hydrogen) atoms. The molecule has 0 radical (unpaired) electrons. The van der Waals surface area contributed by atoms with Crippen molar-refractivity contribution < 1.29 is 13.2 Å². The van der Waals surface area contributed by atoms with Crippen molar-refractivity contribution in [1.82, 2.24) is 10.2 Å². The van der Waals surface area contributed by atoms with Crippen molar-refractivity contribution in [2.45, 2.75) is 65.2 Å². The van der Waals surface area contributed by atoms with E-state index in [-0.39, 0.29) is 12.0 Å². The molecule has 1 aliphatic heterocycles. The van der Waals surface area contributed by atoms with Gasteiger partial charge in [0, 0.05) is 31.6 Å². The van der Waals surface area contributed by atoms with Crippen LogP contribution in [0, 0.1) is 11.8 Å². The van der Waals surface area contributed by atoms with Crippen LogP contribution in [0.2, 0.25) is 0 Å². The van der Waals surface area contributed by atoms with Crippen LogP contribution >= 0.6 is 0 Å². The molecule has 120 valence electrons. The Bertz CT molecular complexity index is 277. The molecule has 0 aromatic heterocycles. The lowest BCUT2D eigenvalue weighted by Crippen LogP contribution is -2.52. The van der Waals surface area contributed by atoms with Crippen LogP contribution in [-0.2, 0) is 0 Å². The number of hydrogen-bond acceptors (Lipinski definition) is 2. The van der Waals surface area contributed by atoms with Crippen molar-refractivity contribution in [3.63, 3.8) is 0 Å². The van der Waals surface area contributed by atoms with Crippen molar-refractivity contribution in [2.75, 3.05) is 19.6 Å². The van der Waals surface area contributed by atoms with Crippen molar-refractivity contribution in [1.29, 1.82) is 0 Å². The summed E-state index contributed by atoms with van der Waals surface area (Å²) in [5.74, 6) is 0.348. The van der Waals surface area contributed by atoms with Crippen molar-refractivity contribution in [3.8, 4) is 0 Å². The lowest BCUT2D eigenvalue weighted by Gasteiger charge is -2.40. The number of nitrogens with one attached hydrogen (secondary N) is 1. The summed E-state index contributed by atoms with van der Waals surface area (Å²) in [6, 6.07) is 0.498. The Morgan fingerprint density at radius 3 is 2.30 bits per heavy atom. The summed E-state index contributed by atoms with van der Waals surface area (Å²) in [4.78, 5) is 2.17. The third-order valence-electron chi connectivity index (χ3n) is 3.97. The van der Waals surface area contributed by atoms with E-state index in [0.29, 0.717) is 24.9 Å². The minimum atomic E-state index is -4.05. The van der Waals surface area contributed by atoms with Gasteiger partial charge in [0.05, 0.1) is 0 Å². The zero-order valence-corrected chi connectivity index (χ0v) is 13.1. The van der Waals surface area contributed by atoms with E-state index in [0.717, 1.165) is 19.5 Å². The molecule has 0 aliphatic carbocycles. The lowest BCUT2D eigenvalue weighted by atomic mass is 9.90. The predicted octanol–water partition coefficient (Wildman–Crippen LogP) is 3.67. The van der Waals surface area contributed by atoms with Crippen molar-refractivity contribution in [3.05, 3.63) is 0 Å². The van der Waals surface area contributed by atoms with Gasteiger partial charge in [0.15, 0.2) is 0 Å². The minimum Gasteiger partial charge on any atom is -0.313 e. The molecule has 2 atom stereocenters. The number of hydrogen-bond donors (Lipinski definition) is 1. The van der Waals surface area contributed by atoms with Gasteiger partial charge >= 0.3 is 6.18 Å². The van der Waals surface area contributed by atoms with Crippen LogP contribution in [0.1, 0.15) is 47.0 Å². The largest absolute Gasteiger partial charge is 0.389 e. The number of piperidine rings is 1. The van der Waals surface area contributed by atoms with E-state index in [4.69, 9.17) is 0 Å². The maximum atomic E-state index is 12.6. The van der Waals surface area contributed by atoms with E-state index in [2.05, 4.69) is 37.9 Å². The van der Waals surface area contributed by atoms with Gasteiger partial charge in [-0.05, 0) is 45.1 Å². The second-order valence-electron chi connectivity index (χ2n) is 6.80. The number of nitrogens with zero attached hydrogens (tertiary/aromatic N) is 1. The highest BCUT2D eigenvalue weighted by atomic mass is 19.4. The van der Waals surface area contributed by atoms with Gasteiger partial charge in [-0.1, -0.05) is 13.8 Å². The van der Waals surface area contributed by atoms with Crippen LogP contribution in [0.5, 0.6) is 0 Å². The first-order valence-corrected chi connectivity index (χ1v) is 7.71. The Morgan fingerprint density at radius 2 is 1.80 bits per heavy atom. The van der Waals surface area contributed by atoms with E-state index in [1.807, 2.05) is 0 Å². The standard InChI is InChI=1S/C15H29F3N2/c1-11(2)5-6-19-14-7-13(8-15(16,17)18)9-20(10-14)12(3)4/h11-14,19H,5-10H2,1-4H3. The molecular weight excluding hydrogens is 265 g/mol. The quantitative estimate of drug-likeness (QED) is 0.804. The molecule has 1 rings (SSSR count). The summed E-state index contributed by atoms with van der Waals surface area (Å²) in [6.45, 7) is 10.8. The van der Waals surface area contributed by atoms with E-state index < -0.39 is 12.6 Å². The first kappa shape index (κ1) is 17.8. The molecule has 1 aliphatic rings. The Labute approximate surface area is 121 Å². The molecule has 1 N–H and O–H groups in total. The summed E-state index contributed by atoms with van der Waals surface area (Å²) < 4.78 is 37.8. The molecular formula is C15H29F3N2. The predicted molar refractivity (Wildman–Crippen MR) is 76.7 cm³/mol. The van der Waals surface area contributed by atoms with Crippen LogP contribution in [0.3, 0.4) is 0 Å². The minimum absolute atomic E-state index is 0.192. The monoisotopic (exact) mass is 294 g/mol. The average molecular weight is 294 g/mol. The SMILES string of the molecule is CC(C)CCNC1CC(CC(F)(F)F)CN(C(C)C)C1. The van der Waals surface area contributed by atoms with Crippen molar-refractivity contribution in [2.24, 2.45) is 11.8 Å². The fraction of sp³-hybridized carbons (Fsp3) is 1.00. The average Bonchev–Trinajstić information content (AvgIpc) is 2.25. The molecule has 2 nitrogen and oxygen atoms in total. The summed E-state index contributed by atoms with van der Waals surface area (Å²) in [7, 11) is 0. The second-order valence-corrected chi connectivity index (χ2v) is 6.80. The van der Waals surface area contributed by atoms with E-state index in [1.54, 1.807) is 0 Å². The molecule has 2 unspecified atom stereocenters. The van der Waals surface area contributed by atoms with Crippen LogP contribution in [-0.4, -0.2) is 42.8 Å². The van der Waals surface area contributed by atoms with E-state index in [1.165, 1.54) is 0 Å². The zero-order valence-electron chi connectivity index (χ0n) is 13.1. The molecule has 1 heterocycles. The van der Waals surface area contributed by atoms with Gasteiger partial charge in [-0.2, -0.15) is 13.2 Å². The van der Waals surface area contributed by atoms with E-state index >= 15 is 0 Å². The van der Waals surface area contributed by atoms with Gasteiger partial charge in [-0.25, -0.2) is 0 Å². The van der Waals surface area contributed by atoms with Gasteiger partial charge < -0.3 is 5.32 Å². The van der Waals surface area contributed by atoms with Crippen LogP contribution < -0.4 is 5.32 Å². The molecule has 0 spiro atoms. The Hall–Kier alpha value is -0.290. The third-order valence-corrected chi connectivity index (χ3v) is 3.97. The first-order valence-electron chi connectivity index (χ1n) is 7.71. The maximum Gasteiger partial charge on any atom is 0.389 e. The molecule has 1 fully saturated rings. The van der Waals surface area contributed by atoms with E-state index in [9.17, 15) is 13.2 Å². The fourth-order valence-electron chi connectivity index (χ4n) is 2.86.